The van der Waals surface area contributed by atoms with Crippen molar-refractivity contribution in [1.29, 1.82) is 0 Å². The molecule has 0 fully saturated rings. The minimum atomic E-state index is -0.505. The number of fused-ring (bicyclic) bond motifs is 1. The molecule has 4 rings (SSSR count). The molecule has 3 aromatic carbocycles. The molecule has 7 nitrogen and oxygen atoms in total. The summed E-state index contributed by atoms with van der Waals surface area (Å²) in [5.74, 6) is -0.180. The topological polar surface area (TPSA) is 84.2 Å². The van der Waals surface area contributed by atoms with Crippen LogP contribution in [-0.4, -0.2) is 21.4 Å². The highest BCUT2D eigenvalue weighted by Crippen LogP contribution is 2.39. The Hall–Kier alpha value is -4.07. The SMILES string of the molecule is CCN(c1ncnc(Nc2ccc(F)cc2)c1[N+](=O)[O-])c1cccc2ccccc12. The van der Waals surface area contributed by atoms with Crippen molar-refractivity contribution in [3.8, 4) is 0 Å². The molecule has 0 atom stereocenters. The van der Waals surface area contributed by atoms with Crippen LogP contribution in [0.3, 0.4) is 0 Å². The van der Waals surface area contributed by atoms with E-state index in [1.54, 1.807) is 4.90 Å². The van der Waals surface area contributed by atoms with Gasteiger partial charge in [-0.05, 0) is 42.6 Å². The molecular weight excluding hydrogens is 385 g/mol. The Balaban J connectivity index is 1.84. The standard InChI is InChI=1S/C22H18FN5O2/c1-2-27(19-9-5-7-15-6-3-4-8-18(15)19)22-20(28(29)30)21(24-14-25-22)26-17-12-10-16(23)11-13-17/h3-14H,2H2,1H3,(H,24,25,26). The second-order valence-corrected chi connectivity index (χ2v) is 6.53. The number of hydrogen-bond acceptors (Lipinski definition) is 6. The molecule has 0 spiro atoms. The predicted octanol–water partition coefficient (Wildman–Crippen LogP) is 5.58. The van der Waals surface area contributed by atoms with Crippen molar-refractivity contribution in [1.82, 2.24) is 9.97 Å². The van der Waals surface area contributed by atoms with Crippen LogP contribution in [0.4, 0.5) is 33.1 Å². The van der Waals surface area contributed by atoms with Crippen LogP contribution in [0.25, 0.3) is 10.8 Å². The van der Waals surface area contributed by atoms with Crippen molar-refractivity contribution < 1.29 is 9.31 Å². The van der Waals surface area contributed by atoms with Crippen molar-refractivity contribution in [2.24, 2.45) is 0 Å². The number of hydrogen-bond donors (Lipinski definition) is 1. The van der Waals surface area contributed by atoms with Gasteiger partial charge in [-0.25, -0.2) is 14.4 Å². The Morgan fingerprint density at radius 2 is 1.77 bits per heavy atom. The summed E-state index contributed by atoms with van der Waals surface area (Å²) < 4.78 is 13.2. The van der Waals surface area contributed by atoms with E-state index >= 15 is 0 Å². The molecule has 0 unspecified atom stereocenters. The van der Waals surface area contributed by atoms with Crippen molar-refractivity contribution in [3.63, 3.8) is 0 Å². The Morgan fingerprint density at radius 3 is 2.50 bits per heavy atom. The normalized spacial score (nSPS) is 10.7. The second-order valence-electron chi connectivity index (χ2n) is 6.53. The minimum absolute atomic E-state index is 0.0373. The summed E-state index contributed by atoms with van der Waals surface area (Å²) >= 11 is 0. The van der Waals surface area contributed by atoms with Crippen molar-refractivity contribution in [3.05, 3.63) is 89.0 Å². The van der Waals surface area contributed by atoms with Gasteiger partial charge in [0.15, 0.2) is 0 Å². The fourth-order valence-corrected chi connectivity index (χ4v) is 3.37. The van der Waals surface area contributed by atoms with E-state index in [1.807, 2.05) is 49.4 Å². The third kappa shape index (κ3) is 3.62. The van der Waals surface area contributed by atoms with Crippen molar-refractivity contribution in [2.45, 2.75) is 6.92 Å². The van der Waals surface area contributed by atoms with Crippen LogP contribution in [0.1, 0.15) is 6.92 Å². The van der Waals surface area contributed by atoms with Gasteiger partial charge in [-0.2, -0.15) is 0 Å². The third-order valence-electron chi connectivity index (χ3n) is 4.72. The monoisotopic (exact) mass is 403 g/mol. The first-order valence-corrected chi connectivity index (χ1v) is 9.35. The molecule has 1 heterocycles. The maximum atomic E-state index is 13.2. The van der Waals surface area contributed by atoms with E-state index in [0.717, 1.165) is 16.5 Å². The molecule has 0 aliphatic rings. The van der Waals surface area contributed by atoms with Crippen molar-refractivity contribution in [2.75, 3.05) is 16.8 Å². The molecule has 4 aromatic rings. The first kappa shape index (κ1) is 19.3. The van der Waals surface area contributed by atoms with Gasteiger partial charge in [0.25, 0.3) is 0 Å². The maximum absolute atomic E-state index is 13.2. The van der Waals surface area contributed by atoms with Crippen LogP contribution >= 0.6 is 0 Å². The molecule has 150 valence electrons. The van der Waals surface area contributed by atoms with Crippen LogP contribution in [-0.2, 0) is 0 Å². The molecule has 0 amide bonds. The van der Waals surface area contributed by atoms with Gasteiger partial charge in [-0.1, -0.05) is 36.4 Å². The zero-order chi connectivity index (χ0) is 21.1. The Morgan fingerprint density at radius 1 is 1.03 bits per heavy atom. The van der Waals surface area contributed by atoms with E-state index in [2.05, 4.69) is 15.3 Å². The average Bonchev–Trinajstić information content (AvgIpc) is 2.76. The van der Waals surface area contributed by atoms with Gasteiger partial charge >= 0.3 is 5.69 Å². The van der Waals surface area contributed by atoms with Gasteiger partial charge < -0.3 is 10.2 Å². The lowest BCUT2D eigenvalue weighted by atomic mass is 10.1. The van der Waals surface area contributed by atoms with Crippen LogP contribution in [0.5, 0.6) is 0 Å². The van der Waals surface area contributed by atoms with E-state index in [9.17, 15) is 14.5 Å². The van der Waals surface area contributed by atoms with Crippen LogP contribution in [0.15, 0.2) is 73.1 Å². The van der Waals surface area contributed by atoms with Gasteiger partial charge in [-0.15, -0.1) is 0 Å². The number of benzene rings is 3. The molecular formula is C22H18FN5O2. The summed E-state index contributed by atoms with van der Waals surface area (Å²) in [5.41, 5.74) is 1.04. The molecule has 0 aliphatic heterocycles. The summed E-state index contributed by atoms with van der Waals surface area (Å²) in [5, 5.41) is 16.9. The Labute approximate surface area is 172 Å². The van der Waals surface area contributed by atoms with E-state index in [4.69, 9.17) is 0 Å². The van der Waals surface area contributed by atoms with Crippen LogP contribution in [0.2, 0.25) is 0 Å². The smallest absolute Gasteiger partial charge is 0.334 e. The van der Waals surface area contributed by atoms with Gasteiger partial charge in [0, 0.05) is 17.6 Å². The summed E-state index contributed by atoms with van der Waals surface area (Å²) in [6.45, 7) is 2.36. The second kappa shape index (κ2) is 8.12. The lowest BCUT2D eigenvalue weighted by Gasteiger charge is -2.24. The molecule has 0 saturated carbocycles. The number of anilines is 4. The fourth-order valence-electron chi connectivity index (χ4n) is 3.37. The fraction of sp³-hybridized carbons (Fsp3) is 0.0909. The molecule has 0 saturated heterocycles. The number of nitro groups is 1. The minimum Gasteiger partial charge on any atom is -0.334 e. The molecule has 1 N–H and O–H groups in total. The highest BCUT2D eigenvalue weighted by molar-refractivity contribution is 5.97. The van der Waals surface area contributed by atoms with Gasteiger partial charge in [0.05, 0.1) is 10.6 Å². The van der Waals surface area contributed by atoms with E-state index in [-0.39, 0.29) is 17.3 Å². The predicted molar refractivity (Wildman–Crippen MR) is 115 cm³/mol. The zero-order valence-corrected chi connectivity index (χ0v) is 16.1. The Bertz CT molecular complexity index is 1210. The van der Waals surface area contributed by atoms with E-state index in [1.165, 1.54) is 30.6 Å². The lowest BCUT2D eigenvalue weighted by molar-refractivity contribution is -0.383. The van der Waals surface area contributed by atoms with Crippen molar-refractivity contribution >= 4 is 39.5 Å². The van der Waals surface area contributed by atoms with E-state index in [0.29, 0.717) is 12.2 Å². The Kier molecular flexibility index (Phi) is 5.21. The zero-order valence-electron chi connectivity index (χ0n) is 16.1. The molecule has 0 radical (unpaired) electrons. The number of nitrogens with zero attached hydrogens (tertiary/aromatic N) is 4. The summed E-state index contributed by atoms with van der Waals surface area (Å²) in [6, 6.07) is 19.1. The number of rotatable bonds is 6. The first-order valence-electron chi connectivity index (χ1n) is 9.35. The number of halogens is 1. The lowest BCUT2D eigenvalue weighted by Crippen LogP contribution is -2.20. The van der Waals surface area contributed by atoms with Crippen LogP contribution < -0.4 is 10.2 Å². The highest BCUT2D eigenvalue weighted by atomic mass is 19.1. The molecule has 0 bridgehead atoms. The summed E-state index contributed by atoms with van der Waals surface area (Å²) in [6.07, 6.45) is 1.28. The first-order chi connectivity index (χ1) is 14.6. The molecule has 1 aromatic heterocycles. The molecule has 8 heteroatoms. The third-order valence-corrected chi connectivity index (χ3v) is 4.72. The van der Waals surface area contributed by atoms with Gasteiger partial charge in [-0.3, -0.25) is 10.1 Å². The highest BCUT2D eigenvalue weighted by Gasteiger charge is 2.28. The number of nitrogens with one attached hydrogen (secondary N) is 1. The average molecular weight is 403 g/mol. The quantitative estimate of drug-likeness (QED) is 0.334. The maximum Gasteiger partial charge on any atom is 0.354 e. The molecule has 0 aliphatic carbocycles. The van der Waals surface area contributed by atoms with Gasteiger partial charge in [0.1, 0.15) is 12.1 Å². The molecule has 30 heavy (non-hydrogen) atoms. The van der Waals surface area contributed by atoms with Gasteiger partial charge in [0.2, 0.25) is 11.6 Å². The number of aromatic nitrogens is 2. The largest absolute Gasteiger partial charge is 0.354 e. The summed E-state index contributed by atoms with van der Waals surface area (Å²) in [4.78, 5) is 21.6. The van der Waals surface area contributed by atoms with E-state index < -0.39 is 10.7 Å². The summed E-state index contributed by atoms with van der Waals surface area (Å²) in [7, 11) is 0. The van der Waals surface area contributed by atoms with Crippen LogP contribution in [0, 0.1) is 15.9 Å².